The van der Waals surface area contributed by atoms with E-state index in [1.165, 1.54) is 6.20 Å². The average molecular weight is 781 g/mol. The molecule has 0 saturated heterocycles. The quantitative estimate of drug-likeness (QED) is 0.168. The Morgan fingerprint density at radius 3 is 1.74 bits per heavy atom. The standard InChI is InChI=1S/C11H7F2N2.C10H5F2N2.2Ir/c1-7-4-5-14-9(6-7)8-2-3-10(12)15-11(8)13;11-9-5-4-7(10(12)14-9)8-3-1-2-6-13-8;;/h3-6H,1H3;1-3,5-6H;;/q2*-1;;. The third kappa shape index (κ3) is 7.36. The van der Waals surface area contributed by atoms with Crippen LogP contribution in [0.25, 0.3) is 22.5 Å². The Bertz CT molecular complexity index is 1130. The van der Waals surface area contributed by atoms with E-state index in [4.69, 9.17) is 0 Å². The zero-order chi connectivity index (χ0) is 20.8. The van der Waals surface area contributed by atoms with Crippen molar-refractivity contribution in [3.05, 3.63) is 96.3 Å². The van der Waals surface area contributed by atoms with Crippen LogP contribution in [0.15, 0.2) is 54.9 Å². The first-order valence-electron chi connectivity index (χ1n) is 8.26. The molecule has 164 valence electrons. The Labute approximate surface area is 202 Å². The summed E-state index contributed by atoms with van der Waals surface area (Å²) in [6, 6.07) is 15.4. The molecule has 0 unspecified atom stereocenters. The molecular formula is C21H12F4Ir2N4-2. The second-order valence-corrected chi connectivity index (χ2v) is 5.71. The van der Waals surface area contributed by atoms with Crippen molar-refractivity contribution in [2.75, 3.05) is 0 Å². The Morgan fingerprint density at radius 2 is 1.26 bits per heavy atom. The van der Waals surface area contributed by atoms with Crippen LogP contribution in [0.2, 0.25) is 0 Å². The minimum Gasteiger partial charge on any atom is -0.305 e. The van der Waals surface area contributed by atoms with Crippen molar-refractivity contribution >= 4 is 0 Å². The van der Waals surface area contributed by atoms with Crippen LogP contribution in [0.4, 0.5) is 17.6 Å². The molecule has 4 rings (SSSR count). The number of aromatic nitrogens is 4. The molecule has 0 fully saturated rings. The van der Waals surface area contributed by atoms with Crippen LogP contribution in [-0.2, 0) is 40.2 Å². The van der Waals surface area contributed by atoms with E-state index in [-0.39, 0.29) is 51.3 Å². The van der Waals surface area contributed by atoms with E-state index in [1.54, 1.807) is 36.5 Å². The molecule has 0 aromatic carbocycles. The fourth-order valence-corrected chi connectivity index (χ4v) is 2.29. The molecule has 4 nitrogen and oxygen atoms in total. The molecule has 0 amide bonds. The van der Waals surface area contributed by atoms with E-state index < -0.39 is 23.8 Å². The number of rotatable bonds is 2. The molecule has 0 N–H and O–H groups in total. The third-order valence-electron chi connectivity index (χ3n) is 3.59. The first kappa shape index (κ1) is 26.7. The van der Waals surface area contributed by atoms with E-state index in [0.29, 0.717) is 11.4 Å². The minimum absolute atomic E-state index is 0. The zero-order valence-corrected chi connectivity index (χ0v) is 20.5. The van der Waals surface area contributed by atoms with Gasteiger partial charge in [-0.2, -0.15) is 0 Å². The number of halogens is 4. The van der Waals surface area contributed by atoms with Crippen molar-refractivity contribution in [3.8, 4) is 22.5 Å². The molecule has 0 atom stereocenters. The second-order valence-electron chi connectivity index (χ2n) is 5.71. The minimum atomic E-state index is -0.899. The second kappa shape index (κ2) is 12.5. The van der Waals surface area contributed by atoms with Crippen LogP contribution in [0, 0.1) is 42.8 Å². The summed E-state index contributed by atoms with van der Waals surface area (Å²) < 4.78 is 51.4. The average Bonchev–Trinajstić information content (AvgIpc) is 2.69. The summed E-state index contributed by atoms with van der Waals surface area (Å²) in [5, 5.41) is 0. The number of hydrogen-bond donors (Lipinski definition) is 0. The Hall–Kier alpha value is -2.38. The van der Waals surface area contributed by atoms with Gasteiger partial charge in [0.25, 0.3) is 0 Å². The Morgan fingerprint density at radius 1 is 0.710 bits per heavy atom. The predicted molar refractivity (Wildman–Crippen MR) is 97.2 cm³/mol. The van der Waals surface area contributed by atoms with Crippen LogP contribution in [0.5, 0.6) is 0 Å². The van der Waals surface area contributed by atoms with Crippen molar-refractivity contribution in [2.24, 2.45) is 0 Å². The van der Waals surface area contributed by atoms with Gasteiger partial charge >= 0.3 is 0 Å². The molecule has 0 saturated carbocycles. The van der Waals surface area contributed by atoms with Gasteiger partial charge in [-0.3, -0.25) is 9.97 Å². The maximum absolute atomic E-state index is 13.2. The van der Waals surface area contributed by atoms with Crippen LogP contribution in [0.3, 0.4) is 0 Å². The van der Waals surface area contributed by atoms with Gasteiger partial charge < -0.3 is 9.97 Å². The van der Waals surface area contributed by atoms with Crippen molar-refractivity contribution in [1.82, 2.24) is 19.9 Å². The van der Waals surface area contributed by atoms with Gasteiger partial charge in [-0.15, -0.1) is 12.1 Å². The van der Waals surface area contributed by atoms with E-state index in [9.17, 15) is 17.6 Å². The van der Waals surface area contributed by atoms with Crippen LogP contribution >= 0.6 is 0 Å². The molecule has 4 aromatic heterocycles. The van der Waals surface area contributed by atoms with Gasteiger partial charge in [0, 0.05) is 52.6 Å². The van der Waals surface area contributed by atoms with Gasteiger partial charge in [0.15, 0.2) is 0 Å². The first-order valence-corrected chi connectivity index (χ1v) is 8.26. The molecule has 2 radical (unpaired) electrons. The van der Waals surface area contributed by atoms with Crippen LogP contribution in [-0.4, -0.2) is 19.9 Å². The molecule has 0 aliphatic heterocycles. The maximum Gasteiger partial charge on any atom is 0.128 e. The summed E-state index contributed by atoms with van der Waals surface area (Å²) >= 11 is 0. The maximum atomic E-state index is 13.2. The Kier molecular flexibility index (Phi) is 10.7. The van der Waals surface area contributed by atoms with Crippen LogP contribution in [0.1, 0.15) is 5.56 Å². The number of aryl methyl sites for hydroxylation is 1. The Balaban J connectivity index is 0.000000292. The molecule has 4 aromatic rings. The molecule has 0 aliphatic carbocycles. The van der Waals surface area contributed by atoms with Crippen LogP contribution < -0.4 is 0 Å². The van der Waals surface area contributed by atoms with E-state index in [0.717, 1.165) is 17.7 Å². The SMILES string of the molecule is Cc1ccnc(-c2[c-]cc(F)nc2F)c1.Fc1c[c-]c(-c2ccccn2)c(F)n1.[Ir].[Ir]. The number of pyridine rings is 4. The summed E-state index contributed by atoms with van der Waals surface area (Å²) in [7, 11) is 0. The molecule has 10 heteroatoms. The number of nitrogens with zero attached hydrogens (tertiary/aromatic N) is 4. The molecular weight excluding hydrogens is 769 g/mol. The van der Waals surface area contributed by atoms with E-state index >= 15 is 0 Å². The van der Waals surface area contributed by atoms with Gasteiger partial charge in [0.1, 0.15) is 23.8 Å². The fourth-order valence-electron chi connectivity index (χ4n) is 2.29. The molecule has 31 heavy (non-hydrogen) atoms. The predicted octanol–water partition coefficient (Wildman–Crippen LogP) is 4.75. The smallest absolute Gasteiger partial charge is 0.128 e. The largest absolute Gasteiger partial charge is 0.305 e. The topological polar surface area (TPSA) is 51.6 Å². The molecule has 0 spiro atoms. The van der Waals surface area contributed by atoms with Gasteiger partial charge in [0.2, 0.25) is 0 Å². The fraction of sp³-hybridized carbons (Fsp3) is 0.0476. The summed E-state index contributed by atoms with van der Waals surface area (Å²) in [6.45, 7) is 1.86. The summed E-state index contributed by atoms with van der Waals surface area (Å²) in [5.74, 6) is -3.57. The van der Waals surface area contributed by atoms with Crippen molar-refractivity contribution in [3.63, 3.8) is 0 Å². The number of hydrogen-bond acceptors (Lipinski definition) is 4. The van der Waals surface area contributed by atoms with Crippen molar-refractivity contribution < 1.29 is 57.8 Å². The summed E-state index contributed by atoms with van der Waals surface area (Å²) in [4.78, 5) is 14.0. The third-order valence-corrected chi connectivity index (χ3v) is 3.59. The van der Waals surface area contributed by atoms with E-state index in [1.807, 2.05) is 6.92 Å². The molecule has 0 aliphatic rings. The van der Waals surface area contributed by atoms with Gasteiger partial charge in [-0.05, 0) is 30.4 Å². The normalized spacial score (nSPS) is 9.58. The zero-order valence-electron chi connectivity index (χ0n) is 15.7. The van der Waals surface area contributed by atoms with Crippen molar-refractivity contribution in [2.45, 2.75) is 6.92 Å². The first-order chi connectivity index (χ1) is 13.9. The summed E-state index contributed by atoms with van der Waals surface area (Å²) in [6.07, 6.45) is 3.08. The van der Waals surface area contributed by atoms with E-state index in [2.05, 4.69) is 32.1 Å². The summed E-state index contributed by atoms with van der Waals surface area (Å²) in [5.41, 5.74) is 1.89. The van der Waals surface area contributed by atoms with Crippen molar-refractivity contribution in [1.29, 1.82) is 0 Å². The van der Waals surface area contributed by atoms with Gasteiger partial charge in [-0.25, -0.2) is 17.6 Å². The molecule has 0 bridgehead atoms. The van der Waals surface area contributed by atoms with Gasteiger partial charge in [0.05, 0.1) is 0 Å². The monoisotopic (exact) mass is 782 g/mol. The molecule has 4 heterocycles. The van der Waals surface area contributed by atoms with Gasteiger partial charge in [-0.1, -0.05) is 47.0 Å².